The molecule has 1 aliphatic carbocycles. The van der Waals surface area contributed by atoms with Crippen molar-refractivity contribution in [2.75, 3.05) is 32.0 Å². The van der Waals surface area contributed by atoms with E-state index in [-0.39, 0.29) is 35.2 Å². The fraction of sp³-hybridized carbons (Fsp3) is 0.625. The molecule has 0 spiro atoms. The van der Waals surface area contributed by atoms with Gasteiger partial charge in [-0.25, -0.2) is 9.02 Å². The second-order valence-corrected chi connectivity index (χ2v) is 12.7. The molecular formula is C32H46FN7O5. The Hall–Kier alpha value is -3.87. The van der Waals surface area contributed by atoms with E-state index < -0.39 is 35.6 Å². The van der Waals surface area contributed by atoms with E-state index in [0.29, 0.717) is 43.2 Å². The number of anilines is 1. The Morgan fingerprint density at radius 1 is 1.07 bits per heavy atom. The number of nitrogens with one attached hydrogen (secondary N) is 3. The first-order chi connectivity index (χ1) is 21.4. The van der Waals surface area contributed by atoms with Crippen LogP contribution in [0.15, 0.2) is 22.8 Å². The number of aryl methyl sites for hydroxylation is 1. The van der Waals surface area contributed by atoms with E-state index in [1.165, 1.54) is 19.1 Å². The topological polar surface area (TPSA) is 150 Å². The van der Waals surface area contributed by atoms with Crippen LogP contribution >= 0.6 is 0 Å². The van der Waals surface area contributed by atoms with Gasteiger partial charge in [0.1, 0.15) is 23.6 Å². The Morgan fingerprint density at radius 2 is 1.78 bits per heavy atom. The van der Waals surface area contributed by atoms with Crippen LogP contribution in [0.25, 0.3) is 0 Å². The highest BCUT2D eigenvalue weighted by molar-refractivity contribution is 6.01. The number of carbonyl (C=O) groups excluding carboxylic acids is 4. The number of likely N-dealkylation sites (N-methyl/N-ethyl adjacent to an activating group) is 1. The lowest BCUT2D eigenvalue weighted by molar-refractivity contribution is -0.138. The van der Waals surface area contributed by atoms with Gasteiger partial charge in [-0.05, 0) is 67.9 Å². The third-order valence-electron chi connectivity index (χ3n) is 9.38. The van der Waals surface area contributed by atoms with Crippen LogP contribution in [0.3, 0.4) is 0 Å². The van der Waals surface area contributed by atoms with E-state index in [2.05, 4.69) is 38.1 Å². The zero-order chi connectivity index (χ0) is 32.8. The molecule has 2 fully saturated rings. The van der Waals surface area contributed by atoms with Gasteiger partial charge in [-0.2, -0.15) is 0 Å². The molecule has 0 unspecified atom stereocenters. The maximum Gasteiger partial charge on any atom is 0.276 e. The van der Waals surface area contributed by atoms with E-state index in [4.69, 9.17) is 4.63 Å². The Morgan fingerprint density at radius 3 is 2.40 bits per heavy atom. The number of amides is 4. The molecule has 246 valence electrons. The molecule has 1 aromatic heterocycles. The third kappa shape index (κ3) is 8.24. The largest absolute Gasteiger partial charge is 0.344 e. The number of hydrogen-bond donors (Lipinski definition) is 3. The van der Waals surface area contributed by atoms with Crippen molar-refractivity contribution in [3.63, 3.8) is 0 Å². The van der Waals surface area contributed by atoms with Crippen molar-refractivity contribution in [1.29, 1.82) is 0 Å². The molecule has 2 heterocycles. The predicted molar refractivity (Wildman–Crippen MR) is 166 cm³/mol. The summed E-state index contributed by atoms with van der Waals surface area (Å²) >= 11 is 0. The van der Waals surface area contributed by atoms with Gasteiger partial charge >= 0.3 is 0 Å². The van der Waals surface area contributed by atoms with Gasteiger partial charge in [0.05, 0.1) is 5.69 Å². The van der Waals surface area contributed by atoms with E-state index in [9.17, 15) is 19.2 Å². The van der Waals surface area contributed by atoms with Crippen molar-refractivity contribution in [3.8, 4) is 0 Å². The normalized spacial score (nSPS) is 22.6. The SMILES string of the molecule is CCc1nonc1C(=O)N[C@H](C(=O)Nc1ccc([C@H](C)[C@@H](NC(C)=O)C(=O)N2CCN(C)[C@H](C)C2)cc1F)C1CCC(C)CC1. The molecule has 2 aromatic rings. The maximum absolute atomic E-state index is 15.6. The summed E-state index contributed by atoms with van der Waals surface area (Å²) in [5, 5.41) is 15.7. The zero-order valence-corrected chi connectivity index (χ0v) is 27.1. The second kappa shape index (κ2) is 14.9. The lowest BCUT2D eigenvalue weighted by Gasteiger charge is -2.40. The summed E-state index contributed by atoms with van der Waals surface area (Å²) in [7, 11) is 2.01. The smallest absolute Gasteiger partial charge is 0.276 e. The highest BCUT2D eigenvalue weighted by atomic mass is 19.1. The van der Waals surface area contributed by atoms with E-state index in [1.807, 2.05) is 20.9 Å². The molecule has 4 amide bonds. The third-order valence-corrected chi connectivity index (χ3v) is 9.38. The van der Waals surface area contributed by atoms with Crippen LogP contribution in [0.1, 0.15) is 88.0 Å². The average Bonchev–Trinajstić information content (AvgIpc) is 3.50. The van der Waals surface area contributed by atoms with Crippen LogP contribution < -0.4 is 16.0 Å². The summed E-state index contributed by atoms with van der Waals surface area (Å²) in [6.45, 7) is 10.9. The minimum Gasteiger partial charge on any atom is -0.344 e. The van der Waals surface area contributed by atoms with Gasteiger partial charge in [0.25, 0.3) is 5.91 Å². The molecule has 0 radical (unpaired) electrons. The second-order valence-electron chi connectivity index (χ2n) is 12.7. The van der Waals surface area contributed by atoms with Gasteiger partial charge in [0, 0.05) is 38.5 Å². The number of benzene rings is 1. The van der Waals surface area contributed by atoms with E-state index >= 15 is 4.39 Å². The molecule has 1 aromatic carbocycles. The summed E-state index contributed by atoms with van der Waals surface area (Å²) < 4.78 is 20.3. The standard InChI is InChI=1S/C32H46FN7O5/c1-7-25-29(38-45-37-25)31(43)36-28(22-10-8-18(2)9-11-22)30(42)35-26-13-12-23(16-24(26)33)20(4)27(34-21(5)41)32(44)40-15-14-39(6)19(3)17-40/h12-13,16,18-20,22,27-28H,7-11,14-15,17H2,1-6H3,(H,34,41)(H,35,42)(H,36,43)/t18?,19-,20+,22?,27-,28+/m1/s1. The Bertz CT molecular complexity index is 1380. The molecule has 45 heavy (non-hydrogen) atoms. The first-order valence-corrected chi connectivity index (χ1v) is 15.9. The zero-order valence-electron chi connectivity index (χ0n) is 27.1. The molecule has 1 saturated heterocycles. The van der Waals surface area contributed by atoms with Gasteiger partial charge in [0.2, 0.25) is 17.7 Å². The van der Waals surface area contributed by atoms with Crippen molar-refractivity contribution in [2.45, 2.75) is 90.8 Å². The van der Waals surface area contributed by atoms with Crippen LogP contribution in [-0.4, -0.2) is 88.5 Å². The van der Waals surface area contributed by atoms with Crippen LogP contribution in [0.5, 0.6) is 0 Å². The molecule has 3 N–H and O–H groups in total. The first kappa shape index (κ1) is 34.0. The van der Waals surface area contributed by atoms with Crippen molar-refractivity contribution in [1.82, 2.24) is 30.7 Å². The molecule has 4 atom stereocenters. The van der Waals surface area contributed by atoms with Gasteiger partial charge in [-0.1, -0.05) is 44.8 Å². The minimum absolute atomic E-state index is 0.0262. The van der Waals surface area contributed by atoms with Gasteiger partial charge < -0.3 is 25.8 Å². The quantitative estimate of drug-likeness (QED) is 0.364. The molecule has 2 aliphatic rings. The highest BCUT2D eigenvalue weighted by Gasteiger charge is 2.36. The molecule has 12 nitrogen and oxygen atoms in total. The van der Waals surface area contributed by atoms with Crippen molar-refractivity contribution in [3.05, 3.63) is 41.0 Å². The van der Waals surface area contributed by atoms with Crippen LogP contribution in [0.4, 0.5) is 10.1 Å². The number of carbonyl (C=O) groups is 4. The molecule has 0 bridgehead atoms. The number of aromatic nitrogens is 2. The van der Waals surface area contributed by atoms with Gasteiger partial charge in [-0.3, -0.25) is 19.2 Å². The summed E-state index contributed by atoms with van der Waals surface area (Å²) in [5.74, 6) is -2.53. The first-order valence-electron chi connectivity index (χ1n) is 15.9. The van der Waals surface area contributed by atoms with Crippen LogP contribution in [0, 0.1) is 17.7 Å². The van der Waals surface area contributed by atoms with Crippen LogP contribution in [0.2, 0.25) is 0 Å². The molecule has 1 saturated carbocycles. The Kier molecular flexibility index (Phi) is 11.3. The summed E-state index contributed by atoms with van der Waals surface area (Å²) in [4.78, 5) is 56.3. The average molecular weight is 628 g/mol. The number of piperazine rings is 1. The number of nitrogens with zero attached hydrogens (tertiary/aromatic N) is 4. The molecule has 13 heteroatoms. The fourth-order valence-corrected chi connectivity index (χ4v) is 6.22. The Balaban J connectivity index is 1.51. The van der Waals surface area contributed by atoms with E-state index in [1.54, 1.807) is 17.9 Å². The number of rotatable bonds is 10. The Labute approximate surface area is 263 Å². The van der Waals surface area contributed by atoms with Crippen molar-refractivity contribution < 1.29 is 28.2 Å². The predicted octanol–water partition coefficient (Wildman–Crippen LogP) is 3.11. The lowest BCUT2D eigenvalue weighted by Crippen LogP contribution is -2.57. The summed E-state index contributed by atoms with van der Waals surface area (Å²) in [6.07, 6.45) is 3.74. The summed E-state index contributed by atoms with van der Waals surface area (Å²) in [6, 6.07) is 2.73. The van der Waals surface area contributed by atoms with Crippen molar-refractivity contribution in [2.24, 2.45) is 11.8 Å². The van der Waals surface area contributed by atoms with E-state index in [0.717, 1.165) is 25.7 Å². The number of halogens is 1. The van der Waals surface area contributed by atoms with Crippen molar-refractivity contribution >= 4 is 29.3 Å². The maximum atomic E-state index is 15.6. The molecule has 4 rings (SSSR count). The monoisotopic (exact) mass is 627 g/mol. The lowest BCUT2D eigenvalue weighted by atomic mass is 9.79. The van der Waals surface area contributed by atoms with Crippen LogP contribution in [-0.2, 0) is 20.8 Å². The fourth-order valence-electron chi connectivity index (χ4n) is 6.22. The molecular weight excluding hydrogens is 581 g/mol. The van der Waals surface area contributed by atoms with Gasteiger partial charge in [-0.15, -0.1) is 0 Å². The number of hydrogen-bond acceptors (Lipinski definition) is 8. The highest BCUT2D eigenvalue weighted by Crippen LogP contribution is 2.32. The summed E-state index contributed by atoms with van der Waals surface area (Å²) in [5.41, 5.74) is 0.861. The minimum atomic E-state index is -0.919. The van der Waals surface area contributed by atoms with Gasteiger partial charge in [0.15, 0.2) is 5.69 Å². The molecule has 1 aliphatic heterocycles.